The topological polar surface area (TPSA) is 46.2 Å². The highest BCUT2D eigenvalue weighted by molar-refractivity contribution is 5.48. The fourth-order valence-corrected chi connectivity index (χ4v) is 2.16. The second-order valence-electron chi connectivity index (χ2n) is 5.02. The van der Waals surface area contributed by atoms with Gasteiger partial charge in [0.2, 0.25) is 0 Å². The van der Waals surface area contributed by atoms with Gasteiger partial charge in [0.1, 0.15) is 0 Å². The Bertz CT molecular complexity index is 448. The number of anilines is 2. The van der Waals surface area contributed by atoms with E-state index in [4.69, 9.17) is 4.74 Å². The monoisotopic (exact) mass is 271 g/mol. The largest absolute Gasteiger partial charge is 0.379 e. The third kappa shape index (κ3) is 3.32. The molecule has 1 saturated heterocycles. The highest BCUT2D eigenvalue weighted by atomic mass is 19.1. The minimum Gasteiger partial charge on any atom is -0.379 e. The van der Waals surface area contributed by atoms with E-state index in [1.807, 2.05) is 13.8 Å². The van der Waals surface area contributed by atoms with Gasteiger partial charge >= 0.3 is 0 Å². The van der Waals surface area contributed by atoms with Crippen molar-refractivity contribution in [1.29, 1.82) is 0 Å². The van der Waals surface area contributed by atoms with Crippen LogP contribution in [-0.4, -0.2) is 30.3 Å². The van der Waals surface area contributed by atoms with Crippen LogP contribution in [0.5, 0.6) is 0 Å². The summed E-state index contributed by atoms with van der Waals surface area (Å²) in [6.45, 7) is 5.51. The fraction of sp³-hybridized carbons (Fsp3) is 0.615. The van der Waals surface area contributed by atoms with Gasteiger partial charge in [-0.2, -0.15) is 0 Å². The molecule has 1 aliphatic rings. The summed E-state index contributed by atoms with van der Waals surface area (Å²) in [4.78, 5) is 3.97. The van der Waals surface area contributed by atoms with Crippen LogP contribution in [-0.2, 0) is 4.74 Å². The van der Waals surface area contributed by atoms with Gasteiger partial charge in [0.25, 0.3) is 0 Å². The molecule has 0 bridgehead atoms. The van der Waals surface area contributed by atoms with Crippen LogP contribution in [0.25, 0.3) is 0 Å². The van der Waals surface area contributed by atoms with Crippen molar-refractivity contribution in [2.75, 3.05) is 30.4 Å². The Kier molecular flexibility index (Phi) is 4.19. The van der Waals surface area contributed by atoms with Gasteiger partial charge in [-0.15, -0.1) is 0 Å². The second-order valence-corrected chi connectivity index (χ2v) is 5.02. The van der Waals surface area contributed by atoms with Crippen molar-refractivity contribution in [3.05, 3.63) is 17.7 Å². The molecule has 0 radical (unpaired) electrons. The van der Waals surface area contributed by atoms with Crippen LogP contribution < -0.4 is 10.6 Å². The molecule has 6 heteroatoms. The van der Waals surface area contributed by atoms with Crippen molar-refractivity contribution in [1.82, 2.24) is 4.98 Å². The van der Waals surface area contributed by atoms with Gasteiger partial charge in [-0.3, -0.25) is 0 Å². The molecule has 19 heavy (non-hydrogen) atoms. The van der Waals surface area contributed by atoms with Crippen LogP contribution in [0.2, 0.25) is 0 Å². The quantitative estimate of drug-likeness (QED) is 0.884. The molecule has 1 fully saturated rings. The summed E-state index contributed by atoms with van der Waals surface area (Å²) in [5, 5.41) is 5.80. The predicted molar refractivity (Wildman–Crippen MR) is 70.4 cm³/mol. The minimum absolute atomic E-state index is 0.0605. The van der Waals surface area contributed by atoms with Gasteiger partial charge in [-0.25, -0.2) is 13.8 Å². The lowest BCUT2D eigenvalue weighted by Gasteiger charge is -2.34. The molecular formula is C13H19F2N3O. The first-order valence-corrected chi connectivity index (χ1v) is 6.50. The zero-order valence-corrected chi connectivity index (χ0v) is 11.2. The molecular weight excluding hydrogens is 252 g/mol. The van der Waals surface area contributed by atoms with Crippen molar-refractivity contribution in [2.24, 2.45) is 0 Å². The molecule has 0 saturated carbocycles. The number of aromatic nitrogens is 1. The molecule has 0 aliphatic carbocycles. The molecule has 2 rings (SSSR count). The highest BCUT2D eigenvalue weighted by Crippen LogP contribution is 2.26. The summed E-state index contributed by atoms with van der Waals surface area (Å²) in [6.07, 6.45) is 1.77. The number of nitrogens with zero attached hydrogens (tertiary/aromatic N) is 1. The van der Waals surface area contributed by atoms with Gasteiger partial charge in [0, 0.05) is 19.2 Å². The smallest absolute Gasteiger partial charge is 0.168 e. The molecule has 4 nitrogen and oxygen atoms in total. The maximum absolute atomic E-state index is 13.8. The molecule has 1 aliphatic heterocycles. The van der Waals surface area contributed by atoms with Crippen LogP contribution in [0.4, 0.5) is 20.4 Å². The summed E-state index contributed by atoms with van der Waals surface area (Å²) < 4.78 is 32.6. The number of ether oxygens (including phenoxy) is 1. The van der Waals surface area contributed by atoms with Gasteiger partial charge in [0.15, 0.2) is 23.3 Å². The van der Waals surface area contributed by atoms with E-state index < -0.39 is 11.6 Å². The Morgan fingerprint density at radius 1 is 1.37 bits per heavy atom. The van der Waals surface area contributed by atoms with Gasteiger partial charge in [-0.05, 0) is 26.7 Å². The third-order valence-electron chi connectivity index (χ3n) is 3.13. The van der Waals surface area contributed by atoms with E-state index in [9.17, 15) is 8.78 Å². The third-order valence-corrected chi connectivity index (χ3v) is 3.13. The first-order valence-electron chi connectivity index (χ1n) is 6.50. The molecule has 1 aromatic rings. The summed E-state index contributed by atoms with van der Waals surface area (Å²) in [5.74, 6) is -1.25. The van der Waals surface area contributed by atoms with Crippen molar-refractivity contribution < 1.29 is 13.5 Å². The summed E-state index contributed by atoms with van der Waals surface area (Å²) in [7, 11) is 0. The van der Waals surface area contributed by atoms with Crippen LogP contribution in [0, 0.1) is 11.6 Å². The maximum Gasteiger partial charge on any atom is 0.168 e. The highest BCUT2D eigenvalue weighted by Gasteiger charge is 2.29. The molecule has 1 aromatic heterocycles. The van der Waals surface area contributed by atoms with Crippen LogP contribution in [0.15, 0.2) is 6.07 Å². The lowest BCUT2D eigenvalue weighted by Crippen LogP contribution is -2.43. The van der Waals surface area contributed by atoms with E-state index in [0.29, 0.717) is 13.2 Å². The number of hydrogen-bond acceptors (Lipinski definition) is 4. The van der Waals surface area contributed by atoms with E-state index in [1.54, 1.807) is 0 Å². The van der Waals surface area contributed by atoms with Crippen molar-refractivity contribution in [3.63, 3.8) is 0 Å². The molecule has 106 valence electrons. The van der Waals surface area contributed by atoms with Gasteiger partial charge in [-0.1, -0.05) is 0 Å². The average molecular weight is 271 g/mol. The molecule has 2 N–H and O–H groups in total. The first-order chi connectivity index (χ1) is 9.04. The van der Waals surface area contributed by atoms with Gasteiger partial charge in [0.05, 0.1) is 12.1 Å². The predicted octanol–water partition coefficient (Wildman–Crippen LogP) is 2.77. The normalized spacial score (nSPS) is 23.2. The van der Waals surface area contributed by atoms with Crippen molar-refractivity contribution in [2.45, 2.75) is 32.2 Å². The fourth-order valence-electron chi connectivity index (χ4n) is 2.16. The van der Waals surface area contributed by atoms with Crippen LogP contribution in [0.1, 0.15) is 26.7 Å². The molecule has 0 amide bonds. The number of rotatable bonds is 4. The van der Waals surface area contributed by atoms with E-state index in [1.165, 1.54) is 0 Å². The first kappa shape index (κ1) is 14.0. The van der Waals surface area contributed by atoms with E-state index in [-0.39, 0.29) is 17.2 Å². The number of nitrogens with one attached hydrogen (secondary N) is 2. The minimum atomic E-state index is -0.689. The second kappa shape index (κ2) is 5.69. The molecule has 1 unspecified atom stereocenters. The van der Waals surface area contributed by atoms with E-state index >= 15 is 0 Å². The Morgan fingerprint density at radius 2 is 2.11 bits per heavy atom. The Hall–Kier alpha value is -1.43. The van der Waals surface area contributed by atoms with Crippen molar-refractivity contribution in [3.8, 4) is 0 Å². The zero-order valence-electron chi connectivity index (χ0n) is 11.2. The maximum atomic E-state index is 13.8. The van der Waals surface area contributed by atoms with Gasteiger partial charge < -0.3 is 15.4 Å². The van der Waals surface area contributed by atoms with Crippen LogP contribution >= 0.6 is 0 Å². The van der Waals surface area contributed by atoms with Crippen LogP contribution in [0.3, 0.4) is 0 Å². The summed E-state index contributed by atoms with van der Waals surface area (Å²) >= 11 is 0. The number of halogens is 2. The Balaban J connectivity index is 2.21. The lowest BCUT2D eigenvalue weighted by molar-refractivity contribution is 0.0537. The average Bonchev–Trinajstić information content (AvgIpc) is 2.36. The Labute approximate surface area is 111 Å². The Morgan fingerprint density at radius 3 is 2.74 bits per heavy atom. The number of hydrogen-bond donors (Lipinski definition) is 2. The molecule has 0 spiro atoms. The standard InChI is InChI=1S/C13H19F2N3O/c1-3-16-11-9(14)7-10(15)12(17-11)18-13(2)5-4-6-19-8-13/h7H,3-6,8H2,1-2H3,(H2,16,17,18). The summed E-state index contributed by atoms with van der Waals surface area (Å²) in [6, 6.07) is 0.848. The lowest BCUT2D eigenvalue weighted by atomic mass is 9.95. The zero-order chi connectivity index (χ0) is 13.9. The molecule has 0 aromatic carbocycles. The SMILES string of the molecule is CCNc1nc(NC2(C)CCCOC2)c(F)cc1F. The number of pyridine rings is 1. The van der Waals surface area contributed by atoms with E-state index in [0.717, 1.165) is 25.5 Å². The van der Waals surface area contributed by atoms with E-state index in [2.05, 4.69) is 15.6 Å². The van der Waals surface area contributed by atoms with Crippen molar-refractivity contribution >= 4 is 11.6 Å². The molecule has 1 atom stereocenters. The molecule has 2 heterocycles. The summed E-state index contributed by atoms with van der Waals surface area (Å²) in [5.41, 5.74) is -0.368.